The van der Waals surface area contributed by atoms with E-state index >= 15 is 0 Å². The third kappa shape index (κ3) is 7.95. The van der Waals surface area contributed by atoms with Crippen molar-refractivity contribution >= 4 is 42.6 Å². The summed E-state index contributed by atoms with van der Waals surface area (Å²) >= 11 is 0. The zero-order chi connectivity index (χ0) is 18.2. The second-order valence-corrected chi connectivity index (χ2v) is 7.53. The first-order valence-corrected chi connectivity index (χ1v) is 9.80. The minimum atomic E-state index is -0.549. The van der Waals surface area contributed by atoms with E-state index in [0.29, 0.717) is 6.04 Å². The van der Waals surface area contributed by atoms with Crippen molar-refractivity contribution in [2.24, 2.45) is 5.92 Å². The van der Waals surface area contributed by atoms with Crippen LogP contribution in [0.2, 0.25) is 0 Å². The van der Waals surface area contributed by atoms with Crippen LogP contribution in [0.25, 0.3) is 6.08 Å². The maximum atomic E-state index is 11.0. The number of hydrogen-bond donors (Lipinski definition) is 3. The fraction of sp³-hybridized carbons (Fsp3) is 0.600. The molecule has 28 heavy (non-hydrogen) atoms. The summed E-state index contributed by atoms with van der Waals surface area (Å²) < 4.78 is 0. The van der Waals surface area contributed by atoms with E-state index in [1.54, 1.807) is 17.8 Å². The first-order chi connectivity index (χ1) is 12.7. The van der Waals surface area contributed by atoms with Crippen LogP contribution in [0.3, 0.4) is 0 Å². The molecule has 0 aromatic carbocycles. The number of aromatic nitrogens is 1. The van der Waals surface area contributed by atoms with Gasteiger partial charge in [0.1, 0.15) is 5.82 Å². The van der Waals surface area contributed by atoms with Crippen LogP contribution in [0.15, 0.2) is 24.4 Å². The number of hydroxylamine groups is 1. The largest absolute Gasteiger partial charge is 0.366 e. The first-order valence-electron chi connectivity index (χ1n) is 9.80. The number of likely N-dealkylation sites (tertiary alicyclic amines) is 1. The third-order valence-corrected chi connectivity index (χ3v) is 5.42. The van der Waals surface area contributed by atoms with Crippen LogP contribution in [-0.4, -0.2) is 46.7 Å². The zero-order valence-corrected chi connectivity index (χ0v) is 17.8. The fourth-order valence-corrected chi connectivity index (χ4v) is 4.08. The highest BCUT2D eigenvalue weighted by Crippen LogP contribution is 2.26. The highest BCUT2D eigenvalue weighted by atomic mass is 35.5. The summed E-state index contributed by atoms with van der Waals surface area (Å²) in [7, 11) is 0. The van der Waals surface area contributed by atoms with Crippen LogP contribution in [0.4, 0.5) is 5.82 Å². The molecule has 1 aromatic heterocycles. The smallest absolute Gasteiger partial charge is 0.267 e. The number of halogens is 2. The Balaban J connectivity index is 0.00000196. The van der Waals surface area contributed by atoms with Crippen LogP contribution < -0.4 is 10.8 Å². The number of carbonyl (C=O) groups is 1. The predicted molar refractivity (Wildman–Crippen MR) is 117 cm³/mol. The second-order valence-electron chi connectivity index (χ2n) is 7.53. The van der Waals surface area contributed by atoms with Crippen LogP contribution in [0.5, 0.6) is 0 Å². The lowest BCUT2D eigenvalue weighted by Crippen LogP contribution is -2.44. The van der Waals surface area contributed by atoms with Gasteiger partial charge in [-0.1, -0.05) is 19.3 Å². The molecule has 0 spiro atoms. The molecule has 1 saturated carbocycles. The van der Waals surface area contributed by atoms with E-state index in [-0.39, 0.29) is 24.8 Å². The molecular formula is C20H32Cl2N4O2. The Morgan fingerprint density at radius 3 is 2.64 bits per heavy atom. The van der Waals surface area contributed by atoms with Gasteiger partial charge in [0.15, 0.2) is 0 Å². The minimum Gasteiger partial charge on any atom is -0.366 e. The third-order valence-electron chi connectivity index (χ3n) is 5.42. The molecule has 1 aliphatic heterocycles. The summed E-state index contributed by atoms with van der Waals surface area (Å²) in [5.41, 5.74) is 2.39. The van der Waals surface area contributed by atoms with Gasteiger partial charge in [0, 0.05) is 31.4 Å². The van der Waals surface area contributed by atoms with Gasteiger partial charge in [0.25, 0.3) is 5.91 Å². The summed E-state index contributed by atoms with van der Waals surface area (Å²) in [5.74, 6) is 1.22. The van der Waals surface area contributed by atoms with E-state index in [1.807, 2.05) is 12.1 Å². The number of hydrogen-bond acceptors (Lipinski definition) is 5. The van der Waals surface area contributed by atoms with E-state index in [0.717, 1.165) is 23.8 Å². The standard InChI is InChI=1S/C20H30N4O2.2ClH/c25-20(23-26)11-9-16-8-10-19(21-13-16)22-18-7-4-12-24(15-18)14-17-5-2-1-3-6-17;;/h8-11,13,17-18,26H,1-7,12,14-15H2,(H,21,22)(H,23,25);2*1H/b11-9+;;/t18-;;/m0../s1. The van der Waals surface area contributed by atoms with Gasteiger partial charge < -0.3 is 10.2 Å². The lowest BCUT2D eigenvalue weighted by atomic mass is 9.88. The first kappa shape index (κ1) is 24.7. The molecule has 0 unspecified atom stereocenters. The molecule has 0 radical (unpaired) electrons. The lowest BCUT2D eigenvalue weighted by Gasteiger charge is -2.36. The second kappa shape index (κ2) is 13.0. The topological polar surface area (TPSA) is 77.5 Å². The van der Waals surface area contributed by atoms with Gasteiger partial charge in [-0.2, -0.15) is 0 Å². The number of carbonyl (C=O) groups excluding carboxylic acids is 1. The van der Waals surface area contributed by atoms with Crippen molar-refractivity contribution < 1.29 is 10.0 Å². The molecule has 2 aliphatic rings. The van der Waals surface area contributed by atoms with E-state index < -0.39 is 5.91 Å². The van der Waals surface area contributed by atoms with E-state index in [4.69, 9.17) is 5.21 Å². The lowest BCUT2D eigenvalue weighted by molar-refractivity contribution is -0.124. The summed E-state index contributed by atoms with van der Waals surface area (Å²) in [6, 6.07) is 4.30. The molecule has 1 amide bonds. The zero-order valence-electron chi connectivity index (χ0n) is 16.2. The summed E-state index contributed by atoms with van der Waals surface area (Å²) in [6.07, 6.45) is 14.1. The average Bonchev–Trinajstić information content (AvgIpc) is 2.68. The number of nitrogens with one attached hydrogen (secondary N) is 2. The predicted octanol–water partition coefficient (Wildman–Crippen LogP) is 3.90. The highest BCUT2D eigenvalue weighted by Gasteiger charge is 2.23. The maximum Gasteiger partial charge on any atom is 0.267 e. The number of anilines is 1. The molecule has 8 heteroatoms. The number of rotatable bonds is 6. The normalized spacial score (nSPS) is 20.8. The number of amides is 1. The maximum absolute atomic E-state index is 11.0. The molecule has 158 valence electrons. The molecule has 1 atom stereocenters. The molecule has 1 aromatic rings. The van der Waals surface area contributed by atoms with Gasteiger partial charge in [0.2, 0.25) is 0 Å². The SMILES string of the molecule is Cl.Cl.O=C(/C=C/c1ccc(N[C@H]2CCCN(CC3CCCCC3)C2)nc1)NO. The molecule has 3 N–H and O–H groups in total. The Bertz CT molecular complexity index is 607. The van der Waals surface area contributed by atoms with Gasteiger partial charge >= 0.3 is 0 Å². The fourth-order valence-electron chi connectivity index (χ4n) is 4.08. The van der Waals surface area contributed by atoms with E-state index in [1.165, 1.54) is 64.1 Å². The van der Waals surface area contributed by atoms with Crippen molar-refractivity contribution in [3.8, 4) is 0 Å². The number of pyridine rings is 1. The van der Waals surface area contributed by atoms with Crippen LogP contribution >= 0.6 is 24.8 Å². The molecular weight excluding hydrogens is 399 g/mol. The molecule has 0 bridgehead atoms. The summed E-state index contributed by atoms with van der Waals surface area (Å²) in [4.78, 5) is 18.1. The van der Waals surface area contributed by atoms with Crippen molar-refractivity contribution in [1.29, 1.82) is 0 Å². The molecule has 3 rings (SSSR count). The highest BCUT2D eigenvalue weighted by molar-refractivity contribution is 5.90. The van der Waals surface area contributed by atoms with Crippen molar-refractivity contribution in [2.75, 3.05) is 25.0 Å². The van der Waals surface area contributed by atoms with Crippen LogP contribution in [0, 0.1) is 5.92 Å². The van der Waals surface area contributed by atoms with Gasteiger partial charge in [-0.15, -0.1) is 24.8 Å². The van der Waals surface area contributed by atoms with Gasteiger partial charge in [-0.3, -0.25) is 10.0 Å². The molecule has 2 heterocycles. The van der Waals surface area contributed by atoms with Crippen LogP contribution in [-0.2, 0) is 4.79 Å². The molecule has 2 fully saturated rings. The van der Waals surface area contributed by atoms with E-state index in [2.05, 4.69) is 15.2 Å². The van der Waals surface area contributed by atoms with Crippen molar-refractivity contribution in [3.63, 3.8) is 0 Å². The van der Waals surface area contributed by atoms with Gasteiger partial charge in [-0.25, -0.2) is 10.5 Å². The van der Waals surface area contributed by atoms with Crippen molar-refractivity contribution in [2.45, 2.75) is 51.0 Å². The van der Waals surface area contributed by atoms with E-state index in [9.17, 15) is 4.79 Å². The Kier molecular flexibility index (Phi) is 11.5. The summed E-state index contributed by atoms with van der Waals surface area (Å²) in [5, 5.41) is 12.0. The monoisotopic (exact) mass is 430 g/mol. The van der Waals surface area contributed by atoms with Crippen molar-refractivity contribution in [1.82, 2.24) is 15.4 Å². The Morgan fingerprint density at radius 2 is 1.96 bits per heavy atom. The Labute approximate surface area is 179 Å². The number of nitrogens with zero attached hydrogens (tertiary/aromatic N) is 2. The number of piperidine rings is 1. The van der Waals surface area contributed by atoms with Gasteiger partial charge in [0.05, 0.1) is 0 Å². The molecule has 6 nitrogen and oxygen atoms in total. The Hall–Kier alpha value is -1.34. The molecule has 1 saturated heterocycles. The van der Waals surface area contributed by atoms with Crippen molar-refractivity contribution in [3.05, 3.63) is 30.0 Å². The Morgan fingerprint density at radius 1 is 1.18 bits per heavy atom. The van der Waals surface area contributed by atoms with Crippen LogP contribution in [0.1, 0.15) is 50.5 Å². The van der Waals surface area contributed by atoms with Gasteiger partial charge in [-0.05, 0) is 61.9 Å². The quantitative estimate of drug-likeness (QED) is 0.362. The molecule has 1 aliphatic carbocycles. The average molecular weight is 431 g/mol. The minimum absolute atomic E-state index is 0. The summed E-state index contributed by atoms with van der Waals surface area (Å²) in [6.45, 7) is 3.57.